The number of nitrogens with zero attached hydrogens (tertiary/aromatic N) is 5. The van der Waals surface area contributed by atoms with Crippen molar-refractivity contribution in [3.05, 3.63) is 91.1 Å². The van der Waals surface area contributed by atoms with Crippen molar-refractivity contribution < 1.29 is 0 Å². The highest BCUT2D eigenvalue weighted by Crippen LogP contribution is 2.31. The van der Waals surface area contributed by atoms with Crippen molar-refractivity contribution in [3.63, 3.8) is 0 Å². The van der Waals surface area contributed by atoms with E-state index in [1.165, 1.54) is 5.56 Å². The molecule has 2 N–H and O–H groups in total. The Kier molecular flexibility index (Phi) is 5.29. The number of aromatic nitrogens is 4. The molecule has 0 saturated carbocycles. The van der Waals surface area contributed by atoms with E-state index in [1.807, 2.05) is 35.0 Å². The number of rotatable bonds is 7. The Morgan fingerprint density at radius 2 is 1.71 bits per heavy atom. The number of hydrogen-bond acceptors (Lipinski definition) is 5. The first-order chi connectivity index (χ1) is 13.8. The van der Waals surface area contributed by atoms with Crippen LogP contribution in [0.15, 0.2) is 85.6 Å². The van der Waals surface area contributed by atoms with Gasteiger partial charge in [-0.1, -0.05) is 60.7 Å². The maximum absolute atomic E-state index is 6.07. The van der Waals surface area contributed by atoms with Crippen molar-refractivity contribution in [2.45, 2.75) is 13.1 Å². The van der Waals surface area contributed by atoms with E-state index in [9.17, 15) is 0 Å². The molecule has 140 valence electrons. The van der Waals surface area contributed by atoms with Gasteiger partial charge in [0.1, 0.15) is 18.5 Å². The van der Waals surface area contributed by atoms with Crippen LogP contribution in [0.1, 0.15) is 5.56 Å². The van der Waals surface area contributed by atoms with Crippen molar-refractivity contribution in [2.75, 3.05) is 17.2 Å². The molecule has 0 aliphatic heterocycles. The van der Waals surface area contributed by atoms with Crippen molar-refractivity contribution >= 4 is 11.5 Å². The van der Waals surface area contributed by atoms with Crippen molar-refractivity contribution in [3.8, 4) is 11.1 Å². The van der Waals surface area contributed by atoms with E-state index >= 15 is 0 Å². The summed E-state index contributed by atoms with van der Waals surface area (Å²) in [5.41, 5.74) is 10.1. The summed E-state index contributed by atoms with van der Waals surface area (Å²) in [6.45, 7) is 2.20. The molecule has 0 atom stereocenters. The molecule has 0 aliphatic rings. The average molecular weight is 370 g/mol. The lowest BCUT2D eigenvalue weighted by atomic mass is 10.1. The summed E-state index contributed by atoms with van der Waals surface area (Å²) >= 11 is 0. The molecule has 0 radical (unpaired) electrons. The summed E-state index contributed by atoms with van der Waals surface area (Å²) in [5.74, 6) is 0.907. The van der Waals surface area contributed by atoms with E-state index in [-0.39, 0.29) is 0 Å². The lowest BCUT2D eigenvalue weighted by Crippen LogP contribution is -2.28. The van der Waals surface area contributed by atoms with Crippen LogP contribution in [0.2, 0.25) is 0 Å². The summed E-state index contributed by atoms with van der Waals surface area (Å²) in [6.07, 6.45) is 5.00. The molecule has 2 heterocycles. The Labute approximate surface area is 164 Å². The lowest BCUT2D eigenvalue weighted by Gasteiger charge is -2.26. The molecule has 2 aromatic heterocycles. The van der Waals surface area contributed by atoms with E-state index < -0.39 is 0 Å². The van der Waals surface area contributed by atoms with E-state index in [1.54, 1.807) is 18.9 Å². The number of nitrogens with two attached hydrogens (primary N) is 1. The first-order valence-electron chi connectivity index (χ1n) is 9.22. The largest absolute Gasteiger partial charge is 0.397 e. The topological polar surface area (TPSA) is 72.9 Å². The molecule has 4 aromatic rings. The highest BCUT2D eigenvalue weighted by Gasteiger charge is 2.16. The zero-order chi connectivity index (χ0) is 19.2. The van der Waals surface area contributed by atoms with Crippen LogP contribution in [-0.2, 0) is 13.1 Å². The SMILES string of the molecule is Nc1cnc(N(CCn2cncn2)Cc2ccccc2)c(-c2ccccc2)c1. The molecule has 28 heavy (non-hydrogen) atoms. The minimum atomic E-state index is 0.651. The fourth-order valence-corrected chi connectivity index (χ4v) is 3.19. The third-order valence-electron chi connectivity index (χ3n) is 4.55. The summed E-state index contributed by atoms with van der Waals surface area (Å²) in [6, 6.07) is 22.6. The third-order valence-corrected chi connectivity index (χ3v) is 4.55. The van der Waals surface area contributed by atoms with Crippen molar-refractivity contribution in [1.82, 2.24) is 19.7 Å². The van der Waals surface area contributed by atoms with Crippen LogP contribution in [0.4, 0.5) is 11.5 Å². The molecule has 4 rings (SSSR count). The first-order valence-corrected chi connectivity index (χ1v) is 9.22. The monoisotopic (exact) mass is 370 g/mol. The fourth-order valence-electron chi connectivity index (χ4n) is 3.19. The predicted molar refractivity (Wildman–Crippen MR) is 112 cm³/mol. The minimum Gasteiger partial charge on any atom is -0.397 e. The van der Waals surface area contributed by atoms with Gasteiger partial charge in [0.15, 0.2) is 0 Å². The van der Waals surface area contributed by atoms with Crippen LogP contribution in [0, 0.1) is 0 Å². The van der Waals surface area contributed by atoms with Crippen LogP contribution < -0.4 is 10.6 Å². The Morgan fingerprint density at radius 1 is 0.964 bits per heavy atom. The second kappa shape index (κ2) is 8.35. The van der Waals surface area contributed by atoms with Gasteiger partial charge in [0.25, 0.3) is 0 Å². The minimum absolute atomic E-state index is 0.651. The van der Waals surface area contributed by atoms with Gasteiger partial charge in [-0.25, -0.2) is 9.97 Å². The van der Waals surface area contributed by atoms with Gasteiger partial charge in [-0.2, -0.15) is 5.10 Å². The standard InChI is InChI=1S/C22H22N6/c23-20-13-21(19-9-5-2-6-10-19)22(25-14-20)27(11-12-28-17-24-16-26-28)15-18-7-3-1-4-8-18/h1-10,13-14,16-17H,11-12,15,23H2. The molecule has 0 amide bonds. The first kappa shape index (κ1) is 17.7. The molecule has 0 fully saturated rings. The number of pyridine rings is 1. The molecule has 0 unspecified atom stereocenters. The Morgan fingerprint density at radius 3 is 2.43 bits per heavy atom. The van der Waals surface area contributed by atoms with Crippen LogP contribution in [-0.4, -0.2) is 26.3 Å². The van der Waals surface area contributed by atoms with Gasteiger partial charge in [-0.3, -0.25) is 4.68 Å². The van der Waals surface area contributed by atoms with Crippen molar-refractivity contribution in [1.29, 1.82) is 0 Å². The zero-order valence-electron chi connectivity index (χ0n) is 15.5. The molecule has 0 bridgehead atoms. The quantitative estimate of drug-likeness (QED) is 0.538. The van der Waals surface area contributed by atoms with Crippen LogP contribution in [0.25, 0.3) is 11.1 Å². The van der Waals surface area contributed by atoms with Gasteiger partial charge in [0, 0.05) is 18.7 Å². The molecule has 0 aliphatic carbocycles. The zero-order valence-corrected chi connectivity index (χ0v) is 15.5. The number of nitrogen functional groups attached to an aromatic ring is 1. The summed E-state index contributed by atoms with van der Waals surface area (Å²) in [5, 5.41) is 4.22. The number of anilines is 2. The predicted octanol–water partition coefficient (Wildman–Crippen LogP) is 3.63. The molecule has 2 aromatic carbocycles. The van der Waals surface area contributed by atoms with Crippen LogP contribution in [0.3, 0.4) is 0 Å². The molecular formula is C22H22N6. The van der Waals surface area contributed by atoms with Gasteiger partial charge in [0.2, 0.25) is 0 Å². The average Bonchev–Trinajstić information content (AvgIpc) is 3.26. The summed E-state index contributed by atoms with van der Waals surface area (Å²) in [4.78, 5) is 11.0. The maximum atomic E-state index is 6.07. The van der Waals surface area contributed by atoms with E-state index in [2.05, 4.69) is 51.4 Å². The highest BCUT2D eigenvalue weighted by molar-refractivity contribution is 5.78. The Balaban J connectivity index is 1.71. The molecule has 0 saturated heterocycles. The number of hydrogen-bond donors (Lipinski definition) is 1. The highest BCUT2D eigenvalue weighted by atomic mass is 15.3. The van der Waals surface area contributed by atoms with Crippen LogP contribution >= 0.6 is 0 Å². The smallest absolute Gasteiger partial charge is 0.137 e. The van der Waals surface area contributed by atoms with Crippen molar-refractivity contribution in [2.24, 2.45) is 0 Å². The van der Waals surface area contributed by atoms with Gasteiger partial charge in [-0.15, -0.1) is 0 Å². The van der Waals surface area contributed by atoms with Gasteiger partial charge < -0.3 is 10.6 Å². The van der Waals surface area contributed by atoms with E-state index in [4.69, 9.17) is 10.7 Å². The van der Waals surface area contributed by atoms with E-state index in [0.717, 1.165) is 30.0 Å². The third kappa shape index (κ3) is 4.17. The molecule has 6 nitrogen and oxygen atoms in total. The van der Waals surface area contributed by atoms with Crippen LogP contribution in [0.5, 0.6) is 0 Å². The number of benzene rings is 2. The molecule has 6 heteroatoms. The fraction of sp³-hybridized carbons (Fsp3) is 0.136. The second-order valence-electron chi connectivity index (χ2n) is 6.57. The van der Waals surface area contributed by atoms with E-state index in [0.29, 0.717) is 12.2 Å². The Bertz CT molecular complexity index is 1000. The normalized spacial score (nSPS) is 10.7. The second-order valence-corrected chi connectivity index (χ2v) is 6.57. The molecule has 0 spiro atoms. The van der Waals surface area contributed by atoms with Gasteiger partial charge >= 0.3 is 0 Å². The maximum Gasteiger partial charge on any atom is 0.137 e. The van der Waals surface area contributed by atoms with Gasteiger partial charge in [-0.05, 0) is 17.2 Å². The van der Waals surface area contributed by atoms with Gasteiger partial charge in [0.05, 0.1) is 18.4 Å². The lowest BCUT2D eigenvalue weighted by molar-refractivity contribution is 0.590. The summed E-state index contributed by atoms with van der Waals surface area (Å²) in [7, 11) is 0. The Hall–Kier alpha value is -3.67. The summed E-state index contributed by atoms with van der Waals surface area (Å²) < 4.78 is 1.83. The molecular weight excluding hydrogens is 348 g/mol.